The topological polar surface area (TPSA) is 32.3 Å². The molecule has 1 aliphatic rings. The van der Waals surface area contributed by atoms with E-state index in [1.165, 1.54) is 5.56 Å². The van der Waals surface area contributed by atoms with Gasteiger partial charge in [0.2, 0.25) is 5.91 Å². The number of rotatable bonds is 5. The second kappa shape index (κ2) is 8.29. The summed E-state index contributed by atoms with van der Waals surface area (Å²) < 4.78 is 0. The van der Waals surface area contributed by atoms with Crippen molar-refractivity contribution in [3.63, 3.8) is 0 Å². The van der Waals surface area contributed by atoms with Crippen molar-refractivity contribution in [1.29, 1.82) is 0 Å². The monoisotopic (exact) mass is 408 g/mol. The number of nitrogens with zero attached hydrogens (tertiary/aromatic N) is 1. The fourth-order valence-electron chi connectivity index (χ4n) is 3.50. The van der Waals surface area contributed by atoms with Gasteiger partial charge in [0.1, 0.15) is 0 Å². The molecule has 0 unspecified atom stereocenters. The first-order chi connectivity index (χ1) is 13.6. The van der Waals surface area contributed by atoms with Gasteiger partial charge in [-0.2, -0.15) is 0 Å². The highest BCUT2D eigenvalue weighted by molar-refractivity contribution is 7.99. The van der Waals surface area contributed by atoms with Crippen LogP contribution in [0, 0.1) is 0 Å². The SMILES string of the molecule is C[C@H]1Cc2ccccc2N1CC(=O)Nc1ccccc1Sc1ccc(Cl)cc1. The molecule has 28 heavy (non-hydrogen) atoms. The van der Waals surface area contributed by atoms with Crippen LogP contribution in [0.3, 0.4) is 0 Å². The molecular formula is C23H21ClN2OS. The molecule has 3 aromatic carbocycles. The lowest BCUT2D eigenvalue weighted by Gasteiger charge is -2.24. The predicted octanol–water partition coefficient (Wildman–Crippen LogP) is 5.88. The molecule has 0 radical (unpaired) electrons. The van der Waals surface area contributed by atoms with Gasteiger partial charge in [-0.1, -0.05) is 53.7 Å². The lowest BCUT2D eigenvalue weighted by Crippen LogP contribution is -2.37. The Morgan fingerprint density at radius 2 is 1.79 bits per heavy atom. The van der Waals surface area contributed by atoms with Crippen LogP contribution in [-0.4, -0.2) is 18.5 Å². The van der Waals surface area contributed by atoms with Crippen molar-refractivity contribution in [3.8, 4) is 0 Å². The Hall–Kier alpha value is -2.43. The summed E-state index contributed by atoms with van der Waals surface area (Å²) in [5.74, 6) is -0.00675. The standard InChI is InChI=1S/C23H21ClN2OS/c1-16-14-17-6-2-4-8-21(17)26(16)15-23(27)25-20-7-3-5-9-22(20)28-19-12-10-18(24)11-13-19/h2-13,16H,14-15H2,1H3,(H,25,27)/t16-/m0/s1. The minimum atomic E-state index is -0.00675. The molecule has 0 aliphatic carbocycles. The zero-order valence-corrected chi connectivity index (χ0v) is 17.1. The predicted molar refractivity (Wildman–Crippen MR) is 118 cm³/mol. The smallest absolute Gasteiger partial charge is 0.243 e. The second-order valence-electron chi connectivity index (χ2n) is 6.91. The molecule has 0 fully saturated rings. The van der Waals surface area contributed by atoms with E-state index in [0.29, 0.717) is 17.6 Å². The Labute approximate surface area is 174 Å². The van der Waals surface area contributed by atoms with Crippen molar-refractivity contribution in [2.24, 2.45) is 0 Å². The van der Waals surface area contributed by atoms with Gasteiger partial charge in [0.15, 0.2) is 0 Å². The summed E-state index contributed by atoms with van der Waals surface area (Å²) in [4.78, 5) is 17.1. The Balaban J connectivity index is 1.47. The summed E-state index contributed by atoms with van der Waals surface area (Å²) in [6.07, 6.45) is 0.979. The third-order valence-electron chi connectivity index (χ3n) is 4.86. The summed E-state index contributed by atoms with van der Waals surface area (Å²) in [5, 5.41) is 3.81. The van der Waals surface area contributed by atoms with Gasteiger partial charge in [0.25, 0.3) is 0 Å². The van der Waals surface area contributed by atoms with Crippen molar-refractivity contribution in [2.75, 3.05) is 16.8 Å². The maximum Gasteiger partial charge on any atom is 0.243 e. The van der Waals surface area contributed by atoms with Crippen LogP contribution in [0.2, 0.25) is 5.02 Å². The molecule has 1 N–H and O–H groups in total. The average molecular weight is 409 g/mol. The number of amides is 1. The second-order valence-corrected chi connectivity index (χ2v) is 8.46. The van der Waals surface area contributed by atoms with Crippen LogP contribution >= 0.6 is 23.4 Å². The molecular weight excluding hydrogens is 388 g/mol. The van der Waals surface area contributed by atoms with Gasteiger partial charge < -0.3 is 10.2 Å². The number of fused-ring (bicyclic) bond motifs is 1. The van der Waals surface area contributed by atoms with Gasteiger partial charge in [-0.05, 0) is 61.4 Å². The molecule has 3 aromatic rings. The number of carbonyl (C=O) groups is 1. The van der Waals surface area contributed by atoms with Gasteiger partial charge >= 0.3 is 0 Å². The van der Waals surface area contributed by atoms with Crippen LogP contribution < -0.4 is 10.2 Å². The molecule has 1 aliphatic heterocycles. The number of anilines is 2. The molecule has 142 valence electrons. The summed E-state index contributed by atoms with van der Waals surface area (Å²) in [6, 6.07) is 24.2. The van der Waals surface area contributed by atoms with E-state index in [1.807, 2.05) is 54.6 Å². The van der Waals surface area contributed by atoms with E-state index in [0.717, 1.165) is 27.6 Å². The third-order valence-corrected chi connectivity index (χ3v) is 6.20. The summed E-state index contributed by atoms with van der Waals surface area (Å²) >= 11 is 7.58. The quantitative estimate of drug-likeness (QED) is 0.572. The van der Waals surface area contributed by atoms with Gasteiger partial charge in [-0.3, -0.25) is 4.79 Å². The van der Waals surface area contributed by atoms with E-state index in [9.17, 15) is 4.79 Å². The molecule has 1 atom stereocenters. The van der Waals surface area contributed by atoms with E-state index in [-0.39, 0.29) is 5.91 Å². The summed E-state index contributed by atoms with van der Waals surface area (Å²) in [7, 11) is 0. The van der Waals surface area contributed by atoms with E-state index in [4.69, 9.17) is 11.6 Å². The van der Waals surface area contributed by atoms with Gasteiger partial charge in [-0.25, -0.2) is 0 Å². The Bertz CT molecular complexity index is 990. The Kier molecular flexibility index (Phi) is 5.60. The number of hydrogen-bond donors (Lipinski definition) is 1. The van der Waals surface area contributed by atoms with E-state index in [2.05, 4.69) is 35.3 Å². The zero-order chi connectivity index (χ0) is 19.5. The van der Waals surface area contributed by atoms with Crippen molar-refractivity contribution < 1.29 is 4.79 Å². The fraction of sp³-hybridized carbons (Fsp3) is 0.174. The molecule has 5 heteroatoms. The molecule has 0 spiro atoms. The zero-order valence-electron chi connectivity index (χ0n) is 15.6. The maximum absolute atomic E-state index is 12.8. The van der Waals surface area contributed by atoms with Gasteiger partial charge in [0.05, 0.1) is 12.2 Å². The minimum Gasteiger partial charge on any atom is -0.359 e. The van der Waals surface area contributed by atoms with E-state index < -0.39 is 0 Å². The number of carbonyl (C=O) groups excluding carboxylic acids is 1. The molecule has 0 bridgehead atoms. The molecule has 4 rings (SSSR count). The molecule has 1 heterocycles. The first kappa shape index (κ1) is 18.9. The van der Waals surface area contributed by atoms with Crippen LogP contribution in [0.5, 0.6) is 0 Å². The van der Waals surface area contributed by atoms with Crippen LogP contribution in [0.4, 0.5) is 11.4 Å². The molecule has 0 saturated heterocycles. The molecule has 0 aromatic heterocycles. The number of halogens is 1. The van der Waals surface area contributed by atoms with Gasteiger partial charge in [-0.15, -0.1) is 0 Å². The van der Waals surface area contributed by atoms with Crippen molar-refractivity contribution in [3.05, 3.63) is 83.4 Å². The van der Waals surface area contributed by atoms with Crippen LogP contribution in [0.25, 0.3) is 0 Å². The maximum atomic E-state index is 12.8. The van der Waals surface area contributed by atoms with Crippen molar-refractivity contribution in [1.82, 2.24) is 0 Å². The van der Waals surface area contributed by atoms with E-state index >= 15 is 0 Å². The third kappa shape index (κ3) is 4.18. The normalized spacial score (nSPS) is 15.4. The molecule has 1 amide bonds. The largest absolute Gasteiger partial charge is 0.359 e. The lowest BCUT2D eigenvalue weighted by atomic mass is 10.1. The highest BCUT2D eigenvalue weighted by atomic mass is 35.5. The Morgan fingerprint density at radius 3 is 2.61 bits per heavy atom. The highest BCUT2D eigenvalue weighted by Gasteiger charge is 2.27. The lowest BCUT2D eigenvalue weighted by molar-refractivity contribution is -0.115. The highest BCUT2D eigenvalue weighted by Crippen LogP contribution is 2.34. The van der Waals surface area contributed by atoms with E-state index in [1.54, 1.807) is 11.8 Å². The summed E-state index contributed by atoms with van der Waals surface area (Å²) in [6.45, 7) is 2.51. The van der Waals surface area contributed by atoms with Crippen molar-refractivity contribution >= 4 is 40.6 Å². The first-order valence-corrected chi connectivity index (χ1v) is 10.5. The minimum absolute atomic E-state index is 0.00675. The van der Waals surface area contributed by atoms with Crippen LogP contribution in [0.15, 0.2) is 82.6 Å². The molecule has 3 nitrogen and oxygen atoms in total. The van der Waals surface area contributed by atoms with Crippen molar-refractivity contribution in [2.45, 2.75) is 29.2 Å². The number of hydrogen-bond acceptors (Lipinski definition) is 3. The number of para-hydroxylation sites is 2. The summed E-state index contributed by atoms with van der Waals surface area (Å²) in [5.41, 5.74) is 3.29. The fourth-order valence-corrected chi connectivity index (χ4v) is 4.53. The average Bonchev–Trinajstić information content (AvgIpc) is 3.00. The van der Waals surface area contributed by atoms with Crippen LogP contribution in [-0.2, 0) is 11.2 Å². The first-order valence-electron chi connectivity index (χ1n) is 9.27. The number of nitrogens with one attached hydrogen (secondary N) is 1. The Morgan fingerprint density at radius 1 is 1.07 bits per heavy atom. The van der Waals surface area contributed by atoms with Crippen LogP contribution in [0.1, 0.15) is 12.5 Å². The van der Waals surface area contributed by atoms with Gasteiger partial charge in [0, 0.05) is 26.5 Å². The number of benzene rings is 3. The molecule has 0 saturated carbocycles.